The standard InChI is InChI=1S/C48H56ClN6O7P/c1-36(2)54(37(3)4)63(61-33-10-29-50)62-34-12-31-53(42-21-19-41(20-22-42)51-52-47-28-23-43(55(56)57)35-46(47)49)30-11-32-60-48(38-13-8-7-9-14-38,39-15-24-44(58-5)25-16-39)40-17-26-45(59-6)27-18-40/h7-9,13-28,35-37H,10-12,30-34H2,1-6H3. The lowest BCUT2D eigenvalue weighted by Gasteiger charge is -2.36. The minimum atomic E-state index is -1.37. The summed E-state index contributed by atoms with van der Waals surface area (Å²) in [5, 5.41) is 29.1. The Morgan fingerprint density at radius 2 is 1.30 bits per heavy atom. The number of hydrogen-bond donors (Lipinski definition) is 0. The van der Waals surface area contributed by atoms with Gasteiger partial charge in [0.05, 0.1) is 62.2 Å². The molecule has 0 radical (unpaired) electrons. The first-order valence-corrected chi connectivity index (χ1v) is 22.4. The Bertz CT molecular complexity index is 2190. The largest absolute Gasteiger partial charge is 0.497 e. The first kappa shape index (κ1) is 48.6. The minimum absolute atomic E-state index is 0.119. The van der Waals surface area contributed by atoms with E-state index < -0.39 is 19.1 Å². The van der Waals surface area contributed by atoms with Gasteiger partial charge in [-0.25, -0.2) is 4.67 Å². The molecule has 0 saturated heterocycles. The molecule has 63 heavy (non-hydrogen) atoms. The number of hydrogen-bond acceptors (Lipinski definition) is 12. The van der Waals surface area contributed by atoms with Gasteiger partial charge in [-0.2, -0.15) is 10.4 Å². The number of nitro benzene ring substituents is 1. The van der Waals surface area contributed by atoms with E-state index in [0.29, 0.717) is 63.5 Å². The zero-order valence-electron chi connectivity index (χ0n) is 36.7. The van der Waals surface area contributed by atoms with Crippen molar-refractivity contribution in [3.63, 3.8) is 0 Å². The summed E-state index contributed by atoms with van der Waals surface area (Å²) in [4.78, 5) is 13.0. The van der Waals surface area contributed by atoms with Crippen LogP contribution in [0.4, 0.5) is 22.7 Å². The van der Waals surface area contributed by atoms with Gasteiger partial charge in [-0.15, -0.1) is 5.11 Å². The number of anilines is 1. The Morgan fingerprint density at radius 1 is 0.746 bits per heavy atom. The second-order valence-electron chi connectivity index (χ2n) is 15.0. The molecular weight excluding hydrogens is 839 g/mol. The molecule has 0 fully saturated rings. The molecule has 0 amide bonds. The smallest absolute Gasteiger partial charge is 0.271 e. The van der Waals surface area contributed by atoms with E-state index in [1.54, 1.807) is 14.2 Å². The van der Waals surface area contributed by atoms with Crippen LogP contribution in [0, 0.1) is 21.4 Å². The molecule has 0 aliphatic rings. The third kappa shape index (κ3) is 13.3. The Kier molecular flexibility index (Phi) is 18.8. The average molecular weight is 895 g/mol. The van der Waals surface area contributed by atoms with Gasteiger partial charge in [0.15, 0.2) is 0 Å². The molecule has 0 saturated carbocycles. The number of ether oxygens (including phenoxy) is 3. The lowest BCUT2D eigenvalue weighted by atomic mass is 9.80. The van der Waals surface area contributed by atoms with Gasteiger partial charge in [-0.1, -0.05) is 66.2 Å². The SMILES string of the molecule is COc1ccc(C(OCCCN(CCCOP(OCCC#N)N(C(C)C)C(C)C)c2ccc(N=Nc3ccc([N+](=O)[O-])cc3Cl)cc2)(c2ccccc2)c2ccc(OC)cc2)cc1. The molecule has 1 atom stereocenters. The molecular formula is C48H56ClN6O7P. The van der Waals surface area contributed by atoms with Gasteiger partial charge in [-0.3, -0.25) is 10.1 Å². The van der Waals surface area contributed by atoms with Crippen LogP contribution in [0.5, 0.6) is 11.5 Å². The van der Waals surface area contributed by atoms with Crippen LogP contribution in [0.1, 0.15) is 63.6 Å². The number of benzene rings is 5. The summed E-state index contributed by atoms with van der Waals surface area (Å²) in [5.41, 5.74) is 3.73. The van der Waals surface area contributed by atoms with E-state index in [-0.39, 0.29) is 22.8 Å². The fraction of sp³-hybridized carbons (Fsp3) is 0.354. The molecule has 332 valence electrons. The highest BCUT2D eigenvalue weighted by Gasteiger charge is 2.38. The first-order chi connectivity index (χ1) is 30.5. The summed E-state index contributed by atoms with van der Waals surface area (Å²) < 4.78 is 33.0. The normalized spacial score (nSPS) is 12.2. The zero-order chi connectivity index (χ0) is 45.2. The van der Waals surface area contributed by atoms with Crippen molar-refractivity contribution < 1.29 is 28.2 Å². The molecule has 0 N–H and O–H groups in total. The highest BCUT2D eigenvalue weighted by Crippen LogP contribution is 2.46. The molecule has 0 aromatic heterocycles. The first-order valence-electron chi connectivity index (χ1n) is 20.9. The van der Waals surface area contributed by atoms with Crippen molar-refractivity contribution in [3.05, 3.63) is 153 Å². The molecule has 0 aliphatic heterocycles. The lowest BCUT2D eigenvalue weighted by molar-refractivity contribution is -0.384. The summed E-state index contributed by atoms with van der Waals surface area (Å²) >= 11 is 6.27. The third-order valence-corrected chi connectivity index (χ3v) is 12.5. The van der Waals surface area contributed by atoms with Crippen LogP contribution < -0.4 is 14.4 Å². The summed E-state index contributed by atoms with van der Waals surface area (Å²) in [6.45, 7) is 11.0. The molecule has 5 aromatic carbocycles. The zero-order valence-corrected chi connectivity index (χ0v) is 38.4. The number of nitrogens with zero attached hydrogens (tertiary/aromatic N) is 6. The minimum Gasteiger partial charge on any atom is -0.497 e. The topological polar surface area (TPSA) is 144 Å². The van der Waals surface area contributed by atoms with Gasteiger partial charge >= 0.3 is 0 Å². The predicted molar refractivity (Wildman–Crippen MR) is 250 cm³/mol. The maximum absolute atomic E-state index is 11.2. The van der Waals surface area contributed by atoms with Crippen LogP contribution in [0.25, 0.3) is 0 Å². The van der Waals surface area contributed by atoms with Gasteiger partial charge in [0, 0.05) is 43.0 Å². The van der Waals surface area contributed by atoms with Crippen LogP contribution in [0.15, 0.2) is 132 Å². The highest BCUT2D eigenvalue weighted by atomic mass is 35.5. The average Bonchev–Trinajstić information content (AvgIpc) is 3.29. The van der Waals surface area contributed by atoms with Crippen molar-refractivity contribution in [1.82, 2.24) is 4.67 Å². The maximum Gasteiger partial charge on any atom is 0.271 e. The van der Waals surface area contributed by atoms with Crippen LogP contribution >= 0.6 is 20.1 Å². The number of nitro groups is 1. The van der Waals surface area contributed by atoms with Gasteiger partial charge < -0.3 is 28.2 Å². The van der Waals surface area contributed by atoms with Crippen molar-refractivity contribution >= 4 is 42.9 Å². The fourth-order valence-electron chi connectivity index (χ4n) is 7.17. The van der Waals surface area contributed by atoms with Crippen molar-refractivity contribution in [3.8, 4) is 17.6 Å². The Labute approximate surface area is 377 Å². The lowest BCUT2D eigenvalue weighted by Crippen LogP contribution is -2.35. The molecule has 1 unspecified atom stereocenters. The quantitative estimate of drug-likeness (QED) is 0.0139. The van der Waals surface area contributed by atoms with E-state index in [1.165, 1.54) is 18.2 Å². The van der Waals surface area contributed by atoms with Crippen LogP contribution in [-0.2, 0) is 19.4 Å². The predicted octanol–water partition coefficient (Wildman–Crippen LogP) is 12.6. The van der Waals surface area contributed by atoms with Crippen molar-refractivity contribution in [2.24, 2.45) is 10.2 Å². The van der Waals surface area contributed by atoms with E-state index in [0.717, 1.165) is 33.9 Å². The molecule has 13 nitrogen and oxygen atoms in total. The molecule has 0 spiro atoms. The van der Waals surface area contributed by atoms with E-state index in [9.17, 15) is 10.1 Å². The number of non-ortho nitro benzene ring substituents is 1. The van der Waals surface area contributed by atoms with Crippen molar-refractivity contribution in [2.75, 3.05) is 52.0 Å². The third-order valence-electron chi connectivity index (χ3n) is 10.1. The van der Waals surface area contributed by atoms with Crippen molar-refractivity contribution in [1.29, 1.82) is 5.26 Å². The second-order valence-corrected chi connectivity index (χ2v) is 16.9. The van der Waals surface area contributed by atoms with Crippen LogP contribution in [-0.4, -0.2) is 68.8 Å². The molecule has 0 aliphatic carbocycles. The molecule has 5 rings (SSSR count). The van der Waals surface area contributed by atoms with Gasteiger partial charge in [0.1, 0.15) is 22.8 Å². The van der Waals surface area contributed by atoms with Gasteiger partial charge in [-0.05, 0) is 112 Å². The molecule has 15 heteroatoms. The van der Waals surface area contributed by atoms with Gasteiger partial charge in [0.25, 0.3) is 14.2 Å². The Balaban J connectivity index is 1.39. The second kappa shape index (κ2) is 24.4. The number of nitriles is 1. The van der Waals surface area contributed by atoms with Crippen LogP contribution in [0.3, 0.4) is 0 Å². The summed E-state index contributed by atoms with van der Waals surface area (Å²) in [5.74, 6) is 1.50. The van der Waals surface area contributed by atoms with E-state index in [4.69, 9.17) is 40.1 Å². The maximum atomic E-state index is 11.2. The molecule has 0 heterocycles. The van der Waals surface area contributed by atoms with Crippen molar-refractivity contribution in [2.45, 2.75) is 64.6 Å². The molecule has 5 aromatic rings. The summed E-state index contributed by atoms with van der Waals surface area (Å²) in [6, 6.07) is 40.6. The molecule has 0 bridgehead atoms. The van der Waals surface area contributed by atoms with Crippen LogP contribution in [0.2, 0.25) is 5.02 Å². The monoisotopic (exact) mass is 894 g/mol. The number of rotatable bonds is 25. The van der Waals surface area contributed by atoms with Gasteiger partial charge in [0.2, 0.25) is 0 Å². The Hall–Kier alpha value is -5.45. The number of methoxy groups -OCH3 is 2. The van der Waals surface area contributed by atoms with E-state index in [2.05, 4.69) is 90.0 Å². The van der Waals surface area contributed by atoms with E-state index >= 15 is 0 Å². The summed E-state index contributed by atoms with van der Waals surface area (Å²) in [6.07, 6.45) is 1.68. The number of azo groups is 1. The highest BCUT2D eigenvalue weighted by molar-refractivity contribution is 7.44. The van der Waals surface area contributed by atoms with E-state index in [1.807, 2.05) is 66.7 Å². The fourth-order valence-corrected chi connectivity index (χ4v) is 9.01. The summed E-state index contributed by atoms with van der Waals surface area (Å²) in [7, 11) is 1.94. The Morgan fingerprint density at radius 3 is 1.83 bits per heavy atom. The number of halogens is 1.